The van der Waals surface area contributed by atoms with Crippen LogP contribution in [0.25, 0.3) is 0 Å². The summed E-state index contributed by atoms with van der Waals surface area (Å²) in [6.07, 6.45) is -0.876. The molecule has 0 aliphatic rings. The van der Waals surface area contributed by atoms with E-state index in [-0.39, 0.29) is 43.9 Å². The van der Waals surface area contributed by atoms with Gasteiger partial charge in [-0.3, -0.25) is 4.79 Å². The van der Waals surface area contributed by atoms with Gasteiger partial charge in [-0.25, -0.2) is 0 Å². The molecule has 0 spiro atoms. The molecule has 0 saturated heterocycles. The molecule has 0 saturated carbocycles. The van der Waals surface area contributed by atoms with Crippen LogP contribution < -0.4 is 15.8 Å². The second-order valence-corrected chi connectivity index (χ2v) is 4.39. The van der Waals surface area contributed by atoms with Crippen LogP contribution in [0.3, 0.4) is 0 Å². The lowest BCUT2D eigenvalue weighted by Crippen LogP contribution is -2.34. The third-order valence-electron chi connectivity index (χ3n) is 3.00. The lowest BCUT2D eigenvalue weighted by molar-refractivity contribution is -0.123. The van der Waals surface area contributed by atoms with E-state index in [4.69, 9.17) is 15.2 Å². The Hall–Kier alpha value is -1.34. The molecule has 1 aromatic rings. The molecule has 0 aliphatic heterocycles. The van der Waals surface area contributed by atoms with Gasteiger partial charge in [0.05, 0.1) is 25.7 Å². The molecule has 2 unspecified atom stereocenters. The van der Waals surface area contributed by atoms with Crippen LogP contribution in [0.4, 0.5) is 0 Å². The Morgan fingerprint density at radius 2 is 1.95 bits per heavy atom. The van der Waals surface area contributed by atoms with Crippen LogP contribution in [-0.2, 0) is 9.53 Å². The van der Waals surface area contributed by atoms with Gasteiger partial charge in [-0.15, -0.1) is 12.4 Å². The molecule has 1 amide bonds. The number of nitrogens with one attached hydrogen (secondary N) is 1. The van der Waals surface area contributed by atoms with Crippen LogP contribution in [0.2, 0.25) is 0 Å². The highest BCUT2D eigenvalue weighted by Crippen LogP contribution is 2.16. The first-order chi connectivity index (χ1) is 9.60. The van der Waals surface area contributed by atoms with Gasteiger partial charge in [0.2, 0.25) is 5.91 Å². The van der Waals surface area contributed by atoms with Gasteiger partial charge in [0.15, 0.2) is 0 Å². The van der Waals surface area contributed by atoms with Gasteiger partial charge < -0.3 is 25.6 Å². The van der Waals surface area contributed by atoms with Gasteiger partial charge in [0.1, 0.15) is 5.75 Å². The molecule has 0 fully saturated rings. The number of hydrogen-bond donors (Lipinski definition) is 3. The fourth-order valence-electron chi connectivity index (χ4n) is 1.70. The Bertz CT molecular complexity index is 410. The molecule has 2 atom stereocenters. The van der Waals surface area contributed by atoms with Gasteiger partial charge >= 0.3 is 0 Å². The third-order valence-corrected chi connectivity index (χ3v) is 3.00. The SMILES string of the molecule is COc1ccc(C(O)CNC(=O)CC(CN)OC)cc1.Cl. The van der Waals surface area contributed by atoms with Crippen LogP contribution in [0.1, 0.15) is 18.1 Å². The molecule has 0 aromatic heterocycles. The van der Waals surface area contributed by atoms with Gasteiger partial charge in [0.25, 0.3) is 0 Å². The van der Waals surface area contributed by atoms with Crippen LogP contribution in [-0.4, -0.2) is 44.4 Å². The Morgan fingerprint density at radius 1 is 1.33 bits per heavy atom. The lowest BCUT2D eigenvalue weighted by Gasteiger charge is -2.15. The van der Waals surface area contributed by atoms with Crippen LogP contribution >= 0.6 is 12.4 Å². The second kappa shape index (κ2) is 10.4. The number of carbonyl (C=O) groups excluding carboxylic acids is 1. The van der Waals surface area contributed by atoms with E-state index in [1.54, 1.807) is 31.4 Å². The maximum absolute atomic E-state index is 11.6. The molecular formula is C14H23ClN2O4. The number of halogens is 1. The van der Waals surface area contributed by atoms with Crippen molar-refractivity contribution in [2.75, 3.05) is 27.3 Å². The normalized spacial score (nSPS) is 13.0. The fraction of sp³-hybridized carbons (Fsp3) is 0.500. The van der Waals surface area contributed by atoms with Crippen LogP contribution in [0.5, 0.6) is 5.75 Å². The number of rotatable bonds is 8. The van der Waals surface area contributed by atoms with E-state index in [0.29, 0.717) is 5.56 Å². The predicted octanol–water partition coefficient (Wildman–Crippen LogP) is 0.630. The Balaban J connectivity index is 0.00000400. The number of carbonyl (C=O) groups is 1. The number of aliphatic hydroxyl groups is 1. The van der Waals surface area contributed by atoms with E-state index in [1.165, 1.54) is 7.11 Å². The Kier molecular flexibility index (Phi) is 9.73. The first kappa shape index (κ1) is 19.7. The summed E-state index contributed by atoms with van der Waals surface area (Å²) in [5.41, 5.74) is 6.16. The van der Waals surface area contributed by atoms with Crippen molar-refractivity contribution in [3.63, 3.8) is 0 Å². The first-order valence-electron chi connectivity index (χ1n) is 6.42. The van der Waals surface area contributed by atoms with Crippen molar-refractivity contribution >= 4 is 18.3 Å². The van der Waals surface area contributed by atoms with Crippen molar-refractivity contribution in [3.05, 3.63) is 29.8 Å². The molecule has 0 radical (unpaired) electrons. The summed E-state index contributed by atoms with van der Waals surface area (Å²) >= 11 is 0. The Morgan fingerprint density at radius 3 is 2.43 bits per heavy atom. The van der Waals surface area contributed by atoms with Crippen LogP contribution in [0.15, 0.2) is 24.3 Å². The minimum absolute atomic E-state index is 0. The van der Waals surface area contributed by atoms with E-state index in [1.807, 2.05) is 0 Å². The van der Waals surface area contributed by atoms with E-state index in [9.17, 15) is 9.90 Å². The maximum atomic E-state index is 11.6. The zero-order chi connectivity index (χ0) is 15.0. The number of ether oxygens (including phenoxy) is 2. The van der Waals surface area contributed by atoms with Crippen molar-refractivity contribution in [1.29, 1.82) is 0 Å². The predicted molar refractivity (Wildman–Crippen MR) is 82.7 cm³/mol. The summed E-state index contributed by atoms with van der Waals surface area (Å²) in [4.78, 5) is 11.6. The van der Waals surface area contributed by atoms with Gasteiger partial charge in [-0.05, 0) is 17.7 Å². The second-order valence-electron chi connectivity index (χ2n) is 4.39. The minimum Gasteiger partial charge on any atom is -0.497 e. The molecule has 21 heavy (non-hydrogen) atoms. The summed E-state index contributed by atoms with van der Waals surface area (Å²) in [5, 5.41) is 12.6. The standard InChI is InChI=1S/C14H22N2O4.ClH/c1-19-11-5-3-10(4-6-11)13(17)9-16-14(18)7-12(8-15)20-2;/h3-6,12-13,17H,7-9,15H2,1-2H3,(H,16,18);1H. The molecule has 1 rings (SSSR count). The average Bonchev–Trinajstić information content (AvgIpc) is 2.50. The molecule has 0 bridgehead atoms. The monoisotopic (exact) mass is 318 g/mol. The molecule has 7 heteroatoms. The van der Waals surface area contributed by atoms with Crippen molar-refractivity contribution in [3.8, 4) is 5.75 Å². The molecule has 1 aromatic carbocycles. The summed E-state index contributed by atoms with van der Waals surface area (Å²) < 4.78 is 10.1. The van der Waals surface area contributed by atoms with E-state index in [0.717, 1.165) is 5.75 Å². The number of methoxy groups -OCH3 is 2. The third kappa shape index (κ3) is 6.77. The largest absolute Gasteiger partial charge is 0.497 e. The quantitative estimate of drug-likeness (QED) is 0.653. The maximum Gasteiger partial charge on any atom is 0.222 e. The molecular weight excluding hydrogens is 296 g/mol. The zero-order valence-corrected chi connectivity index (χ0v) is 13.1. The number of aliphatic hydroxyl groups excluding tert-OH is 1. The highest BCUT2D eigenvalue weighted by Gasteiger charge is 2.13. The van der Waals surface area contributed by atoms with Crippen LogP contribution in [0, 0.1) is 0 Å². The average molecular weight is 319 g/mol. The Labute approximate surface area is 131 Å². The highest BCUT2D eigenvalue weighted by molar-refractivity contribution is 5.85. The van der Waals surface area contributed by atoms with Gasteiger partial charge in [0, 0.05) is 20.2 Å². The minimum atomic E-state index is -0.760. The van der Waals surface area contributed by atoms with Gasteiger partial charge in [-0.2, -0.15) is 0 Å². The van der Waals surface area contributed by atoms with Crippen molar-refractivity contribution < 1.29 is 19.4 Å². The molecule has 0 aliphatic carbocycles. The summed E-state index contributed by atoms with van der Waals surface area (Å²) in [6, 6.07) is 7.03. The number of benzene rings is 1. The molecule has 0 heterocycles. The molecule has 120 valence electrons. The smallest absolute Gasteiger partial charge is 0.222 e. The molecule has 6 nitrogen and oxygen atoms in total. The summed E-state index contributed by atoms with van der Waals surface area (Å²) in [6.45, 7) is 0.428. The number of amides is 1. The van der Waals surface area contributed by atoms with Crippen molar-refractivity contribution in [2.24, 2.45) is 5.73 Å². The zero-order valence-electron chi connectivity index (χ0n) is 12.2. The number of hydrogen-bond acceptors (Lipinski definition) is 5. The fourth-order valence-corrected chi connectivity index (χ4v) is 1.70. The topological polar surface area (TPSA) is 93.8 Å². The first-order valence-corrected chi connectivity index (χ1v) is 6.42. The highest BCUT2D eigenvalue weighted by atomic mass is 35.5. The van der Waals surface area contributed by atoms with Crippen molar-refractivity contribution in [1.82, 2.24) is 5.32 Å². The summed E-state index contributed by atoms with van der Waals surface area (Å²) in [5.74, 6) is 0.519. The van der Waals surface area contributed by atoms with Crippen molar-refractivity contribution in [2.45, 2.75) is 18.6 Å². The lowest BCUT2D eigenvalue weighted by atomic mass is 10.1. The van der Waals surface area contributed by atoms with E-state index in [2.05, 4.69) is 5.32 Å². The van der Waals surface area contributed by atoms with E-state index >= 15 is 0 Å². The summed E-state index contributed by atoms with van der Waals surface area (Å²) in [7, 11) is 3.09. The van der Waals surface area contributed by atoms with Gasteiger partial charge in [-0.1, -0.05) is 12.1 Å². The van der Waals surface area contributed by atoms with E-state index < -0.39 is 6.10 Å². The molecule has 4 N–H and O–H groups in total. The number of nitrogens with two attached hydrogens (primary N) is 1.